The molecule has 1 aromatic heterocycles. The topological polar surface area (TPSA) is 65.5 Å². The molecule has 6 nitrogen and oxygen atoms in total. The molecule has 28 heavy (non-hydrogen) atoms. The van der Waals surface area contributed by atoms with Crippen molar-refractivity contribution in [2.75, 3.05) is 38.0 Å². The van der Waals surface area contributed by atoms with Gasteiger partial charge in [0.15, 0.2) is 0 Å². The van der Waals surface area contributed by atoms with Gasteiger partial charge >= 0.3 is 0 Å². The maximum atomic E-state index is 12.9. The molecule has 2 heterocycles. The van der Waals surface area contributed by atoms with Crippen LogP contribution in [0.15, 0.2) is 30.5 Å². The van der Waals surface area contributed by atoms with Crippen molar-refractivity contribution in [3.8, 4) is 0 Å². The Bertz CT molecular complexity index is 837. The molecule has 8 heteroatoms. The van der Waals surface area contributed by atoms with E-state index in [0.29, 0.717) is 36.7 Å². The van der Waals surface area contributed by atoms with Gasteiger partial charge in [-0.3, -0.25) is 14.5 Å². The van der Waals surface area contributed by atoms with E-state index in [2.05, 4.69) is 31.1 Å². The van der Waals surface area contributed by atoms with Gasteiger partial charge in [0.2, 0.25) is 5.91 Å². The fraction of sp³-hybridized carbons (Fsp3) is 0.450. The monoisotopic (exact) mass is 404 g/mol. The zero-order valence-corrected chi connectivity index (χ0v) is 17.2. The van der Waals surface area contributed by atoms with Gasteiger partial charge in [0.25, 0.3) is 5.91 Å². The van der Waals surface area contributed by atoms with E-state index >= 15 is 0 Å². The van der Waals surface area contributed by atoms with Crippen LogP contribution in [0.3, 0.4) is 0 Å². The number of anilines is 1. The van der Waals surface area contributed by atoms with Crippen LogP contribution in [0.2, 0.25) is 0 Å². The summed E-state index contributed by atoms with van der Waals surface area (Å²) in [6.45, 7) is 8.90. The van der Waals surface area contributed by atoms with Crippen molar-refractivity contribution in [2.45, 2.75) is 26.2 Å². The van der Waals surface area contributed by atoms with Gasteiger partial charge in [0.1, 0.15) is 10.7 Å². The molecule has 1 saturated heterocycles. The van der Waals surface area contributed by atoms with Crippen LogP contribution < -0.4 is 5.32 Å². The summed E-state index contributed by atoms with van der Waals surface area (Å²) in [6, 6.07) is 5.69. The summed E-state index contributed by atoms with van der Waals surface area (Å²) in [5.41, 5.74) is 0.500. The first-order valence-corrected chi connectivity index (χ1v) is 10.1. The zero-order chi connectivity index (χ0) is 20.3. The number of hydrogen-bond acceptors (Lipinski definition) is 5. The van der Waals surface area contributed by atoms with Gasteiger partial charge in [-0.05, 0) is 24.3 Å². The fourth-order valence-corrected chi connectivity index (χ4v) is 3.86. The number of thiazole rings is 1. The summed E-state index contributed by atoms with van der Waals surface area (Å²) in [6.07, 6.45) is 1.66. The number of nitrogens with zero attached hydrogens (tertiary/aromatic N) is 3. The van der Waals surface area contributed by atoms with E-state index in [1.165, 1.54) is 35.6 Å². The maximum absolute atomic E-state index is 12.9. The van der Waals surface area contributed by atoms with E-state index in [0.717, 1.165) is 5.01 Å². The van der Waals surface area contributed by atoms with Crippen molar-refractivity contribution in [1.82, 2.24) is 14.8 Å². The standard InChI is InChI=1S/C20H25FN4O2S/c1-20(2,3)19-22-12-16(28-19)18(27)25-10-8-24(9-11-25)13-17(26)23-15-6-4-14(21)5-7-15/h4-7,12H,8-11,13H2,1-3H3,(H,23,26). The van der Waals surface area contributed by atoms with Gasteiger partial charge < -0.3 is 10.2 Å². The Balaban J connectivity index is 1.48. The number of carbonyl (C=O) groups excluding carboxylic acids is 2. The number of amides is 2. The third-order valence-corrected chi connectivity index (χ3v) is 5.92. The van der Waals surface area contributed by atoms with Crippen molar-refractivity contribution in [2.24, 2.45) is 0 Å². The van der Waals surface area contributed by atoms with Crippen LogP contribution >= 0.6 is 11.3 Å². The fourth-order valence-electron chi connectivity index (χ4n) is 2.92. The molecule has 2 aromatic rings. The molecule has 3 rings (SSSR count). The second-order valence-corrected chi connectivity index (χ2v) is 8.93. The molecule has 150 valence electrons. The van der Waals surface area contributed by atoms with Crippen molar-refractivity contribution >= 4 is 28.8 Å². The van der Waals surface area contributed by atoms with Gasteiger partial charge in [0, 0.05) is 37.3 Å². The Morgan fingerprint density at radius 1 is 1.14 bits per heavy atom. The first-order valence-electron chi connectivity index (χ1n) is 9.26. The number of aromatic nitrogens is 1. The summed E-state index contributed by atoms with van der Waals surface area (Å²) in [5, 5.41) is 3.71. The Morgan fingerprint density at radius 2 is 1.79 bits per heavy atom. The van der Waals surface area contributed by atoms with E-state index in [1.54, 1.807) is 6.20 Å². The van der Waals surface area contributed by atoms with Crippen LogP contribution in [0.1, 0.15) is 35.5 Å². The molecule has 0 atom stereocenters. The third kappa shape index (κ3) is 5.14. The van der Waals surface area contributed by atoms with Gasteiger partial charge in [-0.2, -0.15) is 0 Å². The molecule has 0 saturated carbocycles. The highest BCUT2D eigenvalue weighted by molar-refractivity contribution is 7.13. The van der Waals surface area contributed by atoms with Gasteiger partial charge in [-0.25, -0.2) is 9.37 Å². The van der Waals surface area contributed by atoms with E-state index in [9.17, 15) is 14.0 Å². The summed E-state index contributed by atoms with van der Waals surface area (Å²) < 4.78 is 12.9. The summed E-state index contributed by atoms with van der Waals surface area (Å²) >= 11 is 1.45. The highest BCUT2D eigenvalue weighted by Crippen LogP contribution is 2.27. The molecule has 2 amide bonds. The van der Waals surface area contributed by atoms with Gasteiger partial charge in [0.05, 0.1) is 17.7 Å². The second-order valence-electron chi connectivity index (χ2n) is 7.90. The number of halogens is 1. The van der Waals surface area contributed by atoms with Crippen LogP contribution in [0, 0.1) is 5.82 Å². The average molecular weight is 405 g/mol. The molecule has 0 aliphatic carbocycles. The van der Waals surface area contributed by atoms with Crippen molar-refractivity contribution in [3.05, 3.63) is 46.2 Å². The normalized spacial score (nSPS) is 15.5. The SMILES string of the molecule is CC(C)(C)c1ncc(C(=O)N2CCN(CC(=O)Nc3ccc(F)cc3)CC2)s1. The molecule has 1 aromatic carbocycles. The molecule has 1 fully saturated rings. The number of nitrogens with one attached hydrogen (secondary N) is 1. The first kappa shape index (κ1) is 20.4. The summed E-state index contributed by atoms with van der Waals surface area (Å²) in [7, 11) is 0. The largest absolute Gasteiger partial charge is 0.335 e. The Labute approximate surface area is 168 Å². The lowest BCUT2D eigenvalue weighted by Gasteiger charge is -2.34. The lowest BCUT2D eigenvalue weighted by Crippen LogP contribution is -2.50. The van der Waals surface area contributed by atoms with Gasteiger partial charge in [-0.15, -0.1) is 11.3 Å². The molecule has 1 aliphatic rings. The average Bonchev–Trinajstić information content (AvgIpc) is 3.14. The van der Waals surface area contributed by atoms with Crippen molar-refractivity contribution in [3.63, 3.8) is 0 Å². The number of piperazine rings is 1. The lowest BCUT2D eigenvalue weighted by atomic mass is 9.98. The highest BCUT2D eigenvalue weighted by atomic mass is 32.1. The molecular weight excluding hydrogens is 379 g/mol. The van der Waals surface area contributed by atoms with Crippen LogP contribution in [0.4, 0.5) is 10.1 Å². The third-order valence-electron chi connectivity index (χ3n) is 4.51. The second kappa shape index (κ2) is 8.36. The smallest absolute Gasteiger partial charge is 0.265 e. The molecule has 1 aliphatic heterocycles. The number of carbonyl (C=O) groups is 2. The van der Waals surface area contributed by atoms with Gasteiger partial charge in [-0.1, -0.05) is 20.8 Å². The predicted molar refractivity (Wildman–Crippen MR) is 108 cm³/mol. The minimum absolute atomic E-state index is 0.00316. The van der Waals surface area contributed by atoms with Crippen molar-refractivity contribution in [1.29, 1.82) is 0 Å². The quantitative estimate of drug-likeness (QED) is 0.851. The van der Waals surface area contributed by atoms with Crippen LogP contribution in [-0.2, 0) is 10.2 Å². The highest BCUT2D eigenvalue weighted by Gasteiger charge is 2.26. The minimum Gasteiger partial charge on any atom is -0.335 e. The summed E-state index contributed by atoms with van der Waals surface area (Å²) in [5.74, 6) is -0.485. The van der Waals surface area contributed by atoms with E-state index in [4.69, 9.17) is 0 Å². The van der Waals surface area contributed by atoms with Crippen LogP contribution in [0.5, 0.6) is 0 Å². The van der Waals surface area contributed by atoms with E-state index in [1.807, 2.05) is 9.80 Å². The van der Waals surface area contributed by atoms with Crippen LogP contribution in [0.25, 0.3) is 0 Å². The molecule has 0 spiro atoms. The Hall–Kier alpha value is -2.32. The van der Waals surface area contributed by atoms with E-state index in [-0.39, 0.29) is 29.6 Å². The Morgan fingerprint density at radius 3 is 2.36 bits per heavy atom. The predicted octanol–water partition coefficient (Wildman–Crippen LogP) is 2.98. The minimum atomic E-state index is -0.339. The molecule has 0 radical (unpaired) electrons. The summed E-state index contributed by atoms with van der Waals surface area (Å²) in [4.78, 5) is 33.7. The maximum Gasteiger partial charge on any atom is 0.265 e. The zero-order valence-electron chi connectivity index (χ0n) is 16.4. The van der Waals surface area contributed by atoms with E-state index < -0.39 is 0 Å². The molecular formula is C20H25FN4O2S. The number of benzene rings is 1. The number of hydrogen-bond donors (Lipinski definition) is 1. The first-order chi connectivity index (χ1) is 13.2. The number of rotatable bonds is 4. The van der Waals surface area contributed by atoms with Crippen molar-refractivity contribution < 1.29 is 14.0 Å². The molecule has 0 unspecified atom stereocenters. The Kier molecular flexibility index (Phi) is 6.10. The van der Waals surface area contributed by atoms with Crippen LogP contribution in [-0.4, -0.2) is 59.3 Å². The lowest BCUT2D eigenvalue weighted by molar-refractivity contribution is -0.117. The molecule has 0 bridgehead atoms. The molecule has 1 N–H and O–H groups in total.